The molecule has 0 saturated heterocycles. The van der Waals surface area contributed by atoms with Crippen LogP contribution in [0, 0.1) is 13.8 Å². The maximum absolute atomic E-state index is 13.0. The Morgan fingerprint density at radius 3 is 2.52 bits per heavy atom. The molecule has 4 rings (SSSR count). The summed E-state index contributed by atoms with van der Waals surface area (Å²) in [5.41, 5.74) is 3.11. The highest BCUT2D eigenvalue weighted by Gasteiger charge is 2.29. The predicted octanol–water partition coefficient (Wildman–Crippen LogP) is 2.01. The van der Waals surface area contributed by atoms with Crippen LogP contribution in [0.4, 0.5) is 0 Å². The Balaban J connectivity index is 1.63. The van der Waals surface area contributed by atoms with E-state index in [0.29, 0.717) is 40.7 Å². The van der Waals surface area contributed by atoms with Gasteiger partial charge in [-0.15, -0.1) is 0 Å². The Morgan fingerprint density at radius 2 is 1.81 bits per heavy atom. The first-order valence-electron chi connectivity index (χ1n) is 8.69. The molecule has 7 nitrogen and oxygen atoms in total. The third-order valence-electron chi connectivity index (χ3n) is 4.91. The largest absolute Gasteiger partial charge is 0.328 e. The van der Waals surface area contributed by atoms with E-state index in [-0.39, 0.29) is 18.0 Å². The maximum atomic E-state index is 13.0. The first-order chi connectivity index (χ1) is 13.0. The predicted molar refractivity (Wildman–Crippen MR) is 100.0 cm³/mol. The fraction of sp³-hybridized carbons (Fsp3) is 0.250. The zero-order valence-electron chi connectivity index (χ0n) is 15.4. The number of hydrogen-bond donors (Lipinski definition) is 0. The van der Waals surface area contributed by atoms with Gasteiger partial charge in [-0.2, -0.15) is 0 Å². The molecule has 1 amide bonds. The number of nitrogens with zero attached hydrogens (tertiary/aromatic N) is 5. The van der Waals surface area contributed by atoms with Gasteiger partial charge in [-0.1, -0.05) is 30.3 Å². The number of amides is 1. The van der Waals surface area contributed by atoms with E-state index in [1.165, 1.54) is 4.57 Å². The highest BCUT2D eigenvalue weighted by molar-refractivity contribution is 5.95. The molecule has 0 radical (unpaired) electrons. The number of rotatable bonds is 2. The van der Waals surface area contributed by atoms with Gasteiger partial charge in [0.05, 0.1) is 35.6 Å². The molecule has 0 bridgehead atoms. The number of aromatic nitrogens is 4. The van der Waals surface area contributed by atoms with Gasteiger partial charge >= 0.3 is 0 Å². The van der Waals surface area contributed by atoms with Gasteiger partial charge in [-0.3, -0.25) is 14.2 Å². The Bertz CT molecular complexity index is 1110. The van der Waals surface area contributed by atoms with Crippen molar-refractivity contribution in [3.8, 4) is 11.4 Å². The summed E-state index contributed by atoms with van der Waals surface area (Å²) < 4.78 is 1.51. The van der Waals surface area contributed by atoms with Crippen molar-refractivity contribution in [2.24, 2.45) is 7.05 Å². The van der Waals surface area contributed by atoms with Crippen LogP contribution in [-0.4, -0.2) is 30.3 Å². The van der Waals surface area contributed by atoms with E-state index in [2.05, 4.69) is 15.0 Å². The number of carbonyl (C=O) groups is 1. The third kappa shape index (κ3) is 2.91. The summed E-state index contributed by atoms with van der Waals surface area (Å²) in [6.45, 7) is 4.16. The summed E-state index contributed by atoms with van der Waals surface area (Å²) in [7, 11) is 1.69. The molecule has 0 unspecified atom stereocenters. The number of benzene rings is 1. The number of aryl methyl sites for hydroxylation is 2. The summed E-state index contributed by atoms with van der Waals surface area (Å²) >= 11 is 0. The van der Waals surface area contributed by atoms with E-state index >= 15 is 0 Å². The van der Waals surface area contributed by atoms with Crippen LogP contribution in [-0.2, 0) is 20.1 Å². The molecule has 0 N–H and O–H groups in total. The maximum Gasteiger partial charge on any atom is 0.258 e. The highest BCUT2D eigenvalue weighted by Crippen LogP contribution is 2.22. The topological polar surface area (TPSA) is 81.0 Å². The molecule has 0 fully saturated rings. The molecule has 7 heteroatoms. The summed E-state index contributed by atoms with van der Waals surface area (Å²) in [6, 6.07) is 9.63. The molecule has 0 atom stereocenters. The van der Waals surface area contributed by atoms with Crippen molar-refractivity contribution < 1.29 is 4.79 Å². The van der Waals surface area contributed by atoms with Crippen molar-refractivity contribution in [2.45, 2.75) is 26.9 Å². The normalized spacial score (nSPS) is 12.9. The summed E-state index contributed by atoms with van der Waals surface area (Å²) in [5.74, 6) is 1.03. The minimum Gasteiger partial charge on any atom is -0.328 e. The zero-order valence-corrected chi connectivity index (χ0v) is 15.4. The van der Waals surface area contributed by atoms with Gasteiger partial charge in [0.1, 0.15) is 5.82 Å². The van der Waals surface area contributed by atoms with Gasteiger partial charge in [-0.05, 0) is 13.8 Å². The second-order valence-corrected chi connectivity index (χ2v) is 6.67. The SMILES string of the molecule is Cc1nc(-c2ccccc2)ncc1C(=O)N1Cc2nc(C)n(C)c(=O)c2C1. The van der Waals surface area contributed by atoms with Crippen LogP contribution in [0.1, 0.15) is 33.1 Å². The third-order valence-corrected chi connectivity index (χ3v) is 4.91. The van der Waals surface area contributed by atoms with Crippen molar-refractivity contribution in [3.63, 3.8) is 0 Å². The van der Waals surface area contributed by atoms with Crippen molar-refractivity contribution in [1.29, 1.82) is 0 Å². The lowest BCUT2D eigenvalue weighted by atomic mass is 10.1. The first kappa shape index (κ1) is 17.1. The second kappa shape index (κ2) is 6.42. The summed E-state index contributed by atoms with van der Waals surface area (Å²) in [6.07, 6.45) is 1.56. The minimum absolute atomic E-state index is 0.0970. The Kier molecular flexibility index (Phi) is 4.07. The standard InChI is InChI=1S/C20H19N5O2/c1-12-15(9-21-18(22-12)14-7-5-4-6-8-14)20(27)25-10-16-17(11-25)23-13(2)24(3)19(16)26/h4-9H,10-11H2,1-3H3. The molecular weight excluding hydrogens is 342 g/mol. The van der Waals surface area contributed by atoms with Crippen LogP contribution in [0.25, 0.3) is 11.4 Å². The fourth-order valence-corrected chi connectivity index (χ4v) is 3.25. The van der Waals surface area contributed by atoms with Crippen LogP contribution in [0.15, 0.2) is 41.3 Å². The first-order valence-corrected chi connectivity index (χ1v) is 8.69. The van der Waals surface area contributed by atoms with Gasteiger partial charge in [0.15, 0.2) is 5.82 Å². The van der Waals surface area contributed by atoms with Crippen molar-refractivity contribution in [1.82, 2.24) is 24.4 Å². The average molecular weight is 361 g/mol. The van der Waals surface area contributed by atoms with Crippen LogP contribution in [0.5, 0.6) is 0 Å². The Hall–Kier alpha value is -3.35. The Morgan fingerprint density at radius 1 is 1.07 bits per heavy atom. The van der Waals surface area contributed by atoms with E-state index in [1.807, 2.05) is 30.3 Å². The van der Waals surface area contributed by atoms with Crippen LogP contribution >= 0.6 is 0 Å². The van der Waals surface area contributed by atoms with Crippen molar-refractivity contribution in [2.75, 3.05) is 0 Å². The van der Waals surface area contributed by atoms with Crippen LogP contribution in [0.3, 0.4) is 0 Å². The monoisotopic (exact) mass is 361 g/mol. The molecule has 0 spiro atoms. The molecule has 3 heterocycles. The van der Waals surface area contributed by atoms with E-state index in [1.54, 1.807) is 32.0 Å². The Labute approximate surface area is 156 Å². The van der Waals surface area contributed by atoms with Crippen LogP contribution < -0.4 is 5.56 Å². The molecule has 1 aromatic carbocycles. The molecule has 0 aliphatic carbocycles. The summed E-state index contributed by atoms with van der Waals surface area (Å²) in [4.78, 5) is 40.3. The van der Waals surface area contributed by atoms with Gasteiger partial charge in [0.25, 0.3) is 11.5 Å². The summed E-state index contributed by atoms with van der Waals surface area (Å²) in [5, 5.41) is 0. The van der Waals surface area contributed by atoms with Gasteiger partial charge in [-0.25, -0.2) is 15.0 Å². The lowest BCUT2D eigenvalue weighted by Gasteiger charge is -2.16. The van der Waals surface area contributed by atoms with E-state index < -0.39 is 0 Å². The molecule has 2 aromatic heterocycles. The zero-order chi connectivity index (χ0) is 19.1. The van der Waals surface area contributed by atoms with Crippen molar-refractivity contribution in [3.05, 3.63) is 75.2 Å². The van der Waals surface area contributed by atoms with E-state index in [9.17, 15) is 9.59 Å². The lowest BCUT2D eigenvalue weighted by molar-refractivity contribution is 0.0748. The number of carbonyl (C=O) groups excluding carboxylic acids is 1. The number of hydrogen-bond acceptors (Lipinski definition) is 5. The van der Waals surface area contributed by atoms with E-state index in [0.717, 1.165) is 5.56 Å². The molecular formula is C20H19N5O2. The minimum atomic E-state index is -0.190. The second-order valence-electron chi connectivity index (χ2n) is 6.67. The number of fused-ring (bicyclic) bond motifs is 1. The quantitative estimate of drug-likeness (QED) is 0.697. The molecule has 1 aliphatic heterocycles. The molecule has 1 aliphatic rings. The van der Waals surface area contributed by atoms with Crippen molar-refractivity contribution >= 4 is 5.91 Å². The highest BCUT2D eigenvalue weighted by atomic mass is 16.2. The lowest BCUT2D eigenvalue weighted by Crippen LogP contribution is -2.28. The molecule has 27 heavy (non-hydrogen) atoms. The average Bonchev–Trinajstić information content (AvgIpc) is 3.10. The fourth-order valence-electron chi connectivity index (χ4n) is 3.25. The molecule has 3 aromatic rings. The van der Waals surface area contributed by atoms with Gasteiger partial charge < -0.3 is 4.90 Å². The van der Waals surface area contributed by atoms with Gasteiger partial charge in [0, 0.05) is 18.8 Å². The molecule has 136 valence electrons. The van der Waals surface area contributed by atoms with Crippen LogP contribution in [0.2, 0.25) is 0 Å². The smallest absolute Gasteiger partial charge is 0.258 e. The molecule has 0 saturated carbocycles. The van der Waals surface area contributed by atoms with Gasteiger partial charge in [0.2, 0.25) is 0 Å². The van der Waals surface area contributed by atoms with E-state index in [4.69, 9.17) is 0 Å².